The van der Waals surface area contributed by atoms with E-state index in [0.717, 1.165) is 87.4 Å². The Labute approximate surface area is 246 Å². The Hall–Kier alpha value is -0.910. The van der Waals surface area contributed by atoms with Crippen LogP contribution in [0.15, 0.2) is 11.6 Å². The normalized spacial score (nSPS) is 36.0. The minimum Gasteiger partial charge on any atom is -0.461 e. The van der Waals surface area contributed by atoms with Crippen LogP contribution in [0.3, 0.4) is 0 Å². The highest BCUT2D eigenvalue weighted by molar-refractivity contribution is 5.71. The van der Waals surface area contributed by atoms with Crippen molar-refractivity contribution in [3.05, 3.63) is 11.6 Å². The lowest BCUT2D eigenvalue weighted by Gasteiger charge is -2.58. The Bertz CT molecular complexity index is 842. The number of fused-ring (bicyclic) bond motifs is 5. The number of nitrogens with two attached hydrogens (primary N) is 1. The molecule has 4 aliphatic rings. The molecule has 4 unspecified atom stereocenters. The van der Waals surface area contributed by atoms with E-state index in [4.69, 9.17) is 10.5 Å². The highest BCUT2D eigenvalue weighted by Gasteiger charge is 2.59. The molecule has 0 aromatic heterocycles. The highest BCUT2D eigenvalue weighted by atomic mass is 16.5. The van der Waals surface area contributed by atoms with Crippen LogP contribution < -0.4 is 16.4 Å². The minimum absolute atomic E-state index is 0.0551. The lowest BCUT2D eigenvalue weighted by atomic mass is 9.47. The predicted molar refractivity (Wildman–Crippen MR) is 167 cm³/mol. The van der Waals surface area contributed by atoms with Gasteiger partial charge in [0.2, 0.25) is 0 Å². The molecule has 5 nitrogen and oxygen atoms in total. The first-order valence-electron chi connectivity index (χ1n) is 17.2. The zero-order chi connectivity index (χ0) is 28.8. The van der Waals surface area contributed by atoms with Gasteiger partial charge in [0.1, 0.15) is 6.10 Å². The summed E-state index contributed by atoms with van der Waals surface area (Å²) in [5.41, 5.74) is 7.98. The molecule has 5 heteroatoms. The highest BCUT2D eigenvalue weighted by Crippen LogP contribution is 2.67. The largest absolute Gasteiger partial charge is 0.461 e. The van der Waals surface area contributed by atoms with Gasteiger partial charge in [-0.3, -0.25) is 4.79 Å². The fraction of sp³-hybridized carbons (Fsp3) is 0.914. The van der Waals surface area contributed by atoms with Crippen LogP contribution in [0.1, 0.15) is 118 Å². The number of hydrogen-bond donors (Lipinski definition) is 3. The van der Waals surface area contributed by atoms with Gasteiger partial charge < -0.3 is 21.1 Å². The molecular formula is C35H63N3O2. The van der Waals surface area contributed by atoms with E-state index in [1.165, 1.54) is 57.8 Å². The first-order chi connectivity index (χ1) is 19.2. The molecule has 0 amide bonds. The van der Waals surface area contributed by atoms with Crippen molar-refractivity contribution in [3.63, 3.8) is 0 Å². The van der Waals surface area contributed by atoms with Crippen LogP contribution in [0.25, 0.3) is 0 Å². The Kier molecular flexibility index (Phi) is 11.6. The number of esters is 1. The van der Waals surface area contributed by atoms with Crippen LogP contribution in [-0.2, 0) is 9.53 Å². The topological polar surface area (TPSA) is 76.4 Å². The lowest BCUT2D eigenvalue weighted by Crippen LogP contribution is -2.51. The van der Waals surface area contributed by atoms with Gasteiger partial charge in [-0.25, -0.2) is 0 Å². The number of carbonyl (C=O) groups is 1. The summed E-state index contributed by atoms with van der Waals surface area (Å²) in [7, 11) is 0. The fourth-order valence-corrected chi connectivity index (χ4v) is 9.86. The monoisotopic (exact) mass is 557 g/mol. The van der Waals surface area contributed by atoms with Gasteiger partial charge in [0, 0.05) is 6.42 Å². The summed E-state index contributed by atoms with van der Waals surface area (Å²) in [4.78, 5) is 12.6. The molecule has 0 aliphatic heterocycles. The quantitative estimate of drug-likeness (QED) is 0.117. The van der Waals surface area contributed by atoms with Crippen LogP contribution in [0.4, 0.5) is 0 Å². The summed E-state index contributed by atoms with van der Waals surface area (Å²) < 4.78 is 5.98. The summed E-state index contributed by atoms with van der Waals surface area (Å²) in [6, 6.07) is 0. The Balaban J connectivity index is 1.26. The van der Waals surface area contributed by atoms with Crippen molar-refractivity contribution in [1.29, 1.82) is 0 Å². The number of nitrogens with one attached hydrogen (secondary N) is 2. The third kappa shape index (κ3) is 7.35. The molecule has 40 heavy (non-hydrogen) atoms. The van der Waals surface area contributed by atoms with E-state index in [1.54, 1.807) is 5.57 Å². The number of hydrogen-bond acceptors (Lipinski definition) is 5. The van der Waals surface area contributed by atoms with Crippen LogP contribution in [0.2, 0.25) is 0 Å². The number of rotatable bonds is 15. The summed E-state index contributed by atoms with van der Waals surface area (Å²) in [5.74, 6) is 5.10. The van der Waals surface area contributed by atoms with E-state index < -0.39 is 0 Å². The van der Waals surface area contributed by atoms with Crippen LogP contribution in [0.5, 0.6) is 0 Å². The van der Waals surface area contributed by atoms with E-state index in [1.807, 2.05) is 0 Å². The summed E-state index contributed by atoms with van der Waals surface area (Å²) in [5, 5.41) is 6.64. The van der Waals surface area contributed by atoms with Crippen molar-refractivity contribution in [1.82, 2.24) is 10.6 Å². The maximum Gasteiger partial charge on any atom is 0.320 e. The fourth-order valence-electron chi connectivity index (χ4n) is 9.86. The van der Waals surface area contributed by atoms with Gasteiger partial charge in [-0.05, 0) is 130 Å². The number of ether oxygens (including phenoxy) is 1. The molecule has 0 radical (unpaired) electrons. The van der Waals surface area contributed by atoms with Gasteiger partial charge in [0.05, 0.1) is 6.54 Å². The molecule has 0 saturated heterocycles. The third-order valence-corrected chi connectivity index (χ3v) is 12.1. The molecule has 230 valence electrons. The molecule has 0 bridgehead atoms. The van der Waals surface area contributed by atoms with Gasteiger partial charge in [-0.15, -0.1) is 0 Å². The summed E-state index contributed by atoms with van der Waals surface area (Å²) in [6.07, 6.45) is 19.0. The van der Waals surface area contributed by atoms with Gasteiger partial charge >= 0.3 is 5.97 Å². The average molecular weight is 558 g/mol. The van der Waals surface area contributed by atoms with Crippen LogP contribution >= 0.6 is 0 Å². The Morgan fingerprint density at radius 1 is 0.975 bits per heavy atom. The second-order valence-electron chi connectivity index (χ2n) is 15.1. The molecule has 3 saturated carbocycles. The van der Waals surface area contributed by atoms with Crippen LogP contribution in [-0.4, -0.2) is 44.8 Å². The van der Waals surface area contributed by atoms with E-state index in [0.29, 0.717) is 17.4 Å². The SMILES string of the molecule is CC(C)CCC[C@@H](C)[C@H]1CCC2C3CC=C4CC(OC(=O)CNCCCNCCCN)CC[C@]4(C)C3CC[C@@]21C. The predicted octanol–water partition coefficient (Wildman–Crippen LogP) is 6.86. The second kappa shape index (κ2) is 14.5. The smallest absolute Gasteiger partial charge is 0.320 e. The van der Waals surface area contributed by atoms with Crippen LogP contribution in [0, 0.1) is 46.3 Å². The van der Waals surface area contributed by atoms with E-state index in [9.17, 15) is 4.79 Å². The molecule has 0 aromatic carbocycles. The molecule has 4 rings (SSSR count). The lowest BCUT2D eigenvalue weighted by molar-refractivity contribution is -0.150. The first-order valence-corrected chi connectivity index (χ1v) is 17.2. The maximum absolute atomic E-state index is 12.6. The molecule has 0 spiro atoms. The van der Waals surface area contributed by atoms with Gasteiger partial charge in [-0.2, -0.15) is 0 Å². The second-order valence-corrected chi connectivity index (χ2v) is 15.1. The zero-order valence-electron chi connectivity index (χ0n) is 26.7. The molecule has 0 aromatic rings. The minimum atomic E-state index is -0.0908. The third-order valence-electron chi connectivity index (χ3n) is 12.1. The maximum atomic E-state index is 12.6. The van der Waals surface area contributed by atoms with Crippen molar-refractivity contribution < 1.29 is 9.53 Å². The first kappa shape index (κ1) is 32.0. The van der Waals surface area contributed by atoms with Crippen molar-refractivity contribution in [2.24, 2.45) is 52.1 Å². The van der Waals surface area contributed by atoms with E-state index >= 15 is 0 Å². The number of carbonyl (C=O) groups excluding carboxylic acids is 1. The van der Waals surface area contributed by atoms with Crippen molar-refractivity contribution in [3.8, 4) is 0 Å². The van der Waals surface area contributed by atoms with Gasteiger partial charge in [0.25, 0.3) is 0 Å². The standard InChI is InChI=1S/C35H63N3O2/c1-25(2)9-6-10-26(3)30-13-14-31-29-12-11-27-23-28(15-17-34(27,4)32(29)16-18-35(30,31)5)40-33(39)24-38-22-8-21-37-20-7-19-36/h11,25-26,28-32,37-38H,6-10,12-24,36H2,1-5H3/t26-,28?,29?,30-,31?,32?,34+,35-/m1/s1. The van der Waals surface area contributed by atoms with Gasteiger partial charge in [-0.1, -0.05) is 65.5 Å². The van der Waals surface area contributed by atoms with Gasteiger partial charge in [0.15, 0.2) is 0 Å². The Morgan fingerprint density at radius 3 is 2.52 bits per heavy atom. The zero-order valence-corrected chi connectivity index (χ0v) is 26.7. The van der Waals surface area contributed by atoms with Crippen molar-refractivity contribution in [2.75, 3.05) is 32.7 Å². The van der Waals surface area contributed by atoms with Crippen molar-refractivity contribution >= 4 is 5.97 Å². The van der Waals surface area contributed by atoms with E-state index in [-0.39, 0.29) is 12.1 Å². The molecule has 3 fully saturated rings. The summed E-state index contributed by atoms with van der Waals surface area (Å²) >= 11 is 0. The molecule has 8 atom stereocenters. The van der Waals surface area contributed by atoms with Crippen molar-refractivity contribution in [2.45, 2.75) is 124 Å². The molecular weight excluding hydrogens is 494 g/mol. The molecule has 0 heterocycles. The average Bonchev–Trinajstić information content (AvgIpc) is 3.27. The Morgan fingerprint density at radius 2 is 1.75 bits per heavy atom. The molecule has 4 N–H and O–H groups in total. The number of allylic oxidation sites excluding steroid dienone is 1. The molecule has 4 aliphatic carbocycles. The van der Waals surface area contributed by atoms with E-state index in [2.05, 4.69) is 51.3 Å². The summed E-state index contributed by atoms with van der Waals surface area (Å²) in [6.45, 7) is 16.4.